The van der Waals surface area contributed by atoms with Gasteiger partial charge in [-0.1, -0.05) is 169 Å². The number of aryl methyl sites for hydroxylation is 1. The molecule has 4 atom stereocenters. The number of benzene rings is 5. The van der Waals surface area contributed by atoms with Gasteiger partial charge in [0.05, 0.1) is 11.5 Å². The van der Waals surface area contributed by atoms with E-state index in [2.05, 4.69) is 202 Å². The molecule has 66 heavy (non-hydrogen) atoms. The maximum Gasteiger partial charge on any atom is 0.190 e. The Hall–Kier alpha value is -6.77. The van der Waals surface area contributed by atoms with E-state index in [4.69, 9.17) is 0 Å². The molecule has 4 unspecified atom stereocenters. The molecular weight excluding hydrogens is 794 g/mol. The van der Waals surface area contributed by atoms with Crippen LogP contribution in [0.25, 0.3) is 22.3 Å². The first-order valence-electron chi connectivity index (χ1n) is 24.5. The molecule has 0 amide bonds. The fourth-order valence-corrected chi connectivity index (χ4v) is 13.4. The largest absolute Gasteiger partial charge is 0.381 e. The zero-order chi connectivity index (χ0) is 44.1. The Labute approximate surface area is 392 Å². The summed E-state index contributed by atoms with van der Waals surface area (Å²) < 4.78 is 0. The summed E-state index contributed by atoms with van der Waals surface area (Å²) in [7, 11) is 3.19. The summed E-state index contributed by atoms with van der Waals surface area (Å²) in [5.41, 5.74) is 30.4. The highest BCUT2D eigenvalue weighted by Crippen LogP contribution is 2.62. The lowest BCUT2D eigenvalue weighted by Crippen LogP contribution is -2.49. The van der Waals surface area contributed by atoms with Crippen LogP contribution in [0, 0.1) is 6.92 Å². The Morgan fingerprint density at radius 2 is 1.56 bits per heavy atom. The molecule has 4 heteroatoms. The lowest BCUT2D eigenvalue weighted by atomic mass is 9.47. The van der Waals surface area contributed by atoms with E-state index in [1.54, 1.807) is 0 Å². The molecule has 1 spiro atoms. The minimum absolute atomic E-state index is 0.0600. The highest BCUT2D eigenvalue weighted by atomic mass is 15.0. The summed E-state index contributed by atoms with van der Waals surface area (Å²) in [5, 5.41) is 8.38. The van der Waals surface area contributed by atoms with Crippen molar-refractivity contribution in [3.63, 3.8) is 0 Å². The molecule has 318 valence electrons. The Kier molecular flexibility index (Phi) is 9.25. The average molecular weight is 849 g/mol. The second-order valence-electron chi connectivity index (χ2n) is 20.0. The van der Waals surface area contributed by atoms with Crippen molar-refractivity contribution in [1.82, 2.24) is 10.6 Å². The third kappa shape index (κ3) is 5.96. The number of fused-ring (bicyclic) bond motifs is 13. The van der Waals surface area contributed by atoms with Gasteiger partial charge in [0.2, 0.25) is 0 Å². The van der Waals surface area contributed by atoms with Gasteiger partial charge in [-0.05, 0) is 154 Å². The van der Waals surface area contributed by atoms with Crippen LogP contribution in [0.5, 0.6) is 0 Å². The van der Waals surface area contributed by atoms with Gasteiger partial charge in [-0.3, -0.25) is 0 Å². The molecule has 0 radical (unpaired) electrons. The lowest BCUT2D eigenvalue weighted by Gasteiger charge is -2.45. The van der Waals surface area contributed by atoms with Gasteiger partial charge in [0.15, 0.2) is 7.28 Å². The number of dihydropyridines is 1. The smallest absolute Gasteiger partial charge is 0.190 e. The standard InChI is InChI=1S/C62H54B2N2/c1-37-16-6-8-20-44(37)50-33-41(28-30-52-38(2)65-58-27-15-14-26-55(58)62(52)53-24-12-10-22-46(53)47-23-11-13-25-54(47)62)60-61(66-57-31-29-43(63)35-49(57)39-17-4-3-5-18-39)59(50)51-36-48-42(34-56(51)64-60)32-40-19-7-9-21-45(40)48/h3-10,12,15-25,27-31,33-34,36,49,59,61,64-66H,11,13-14,26,32,35,63H2,1-2H3/b30-28-. The van der Waals surface area contributed by atoms with E-state index in [1.165, 1.54) is 123 Å². The molecule has 8 aliphatic rings. The number of hydrogen-bond donors (Lipinski definition) is 2. The van der Waals surface area contributed by atoms with Crippen molar-refractivity contribution in [2.45, 2.75) is 75.7 Å². The Bertz CT molecular complexity index is 3270. The molecular formula is C62H54B2N2. The average Bonchev–Trinajstić information content (AvgIpc) is 3.85. The first kappa shape index (κ1) is 39.6. The summed E-state index contributed by atoms with van der Waals surface area (Å²) >= 11 is 0. The van der Waals surface area contributed by atoms with E-state index in [0.717, 1.165) is 45.8 Å². The Balaban J connectivity index is 1.03. The van der Waals surface area contributed by atoms with E-state index < -0.39 is 0 Å². The third-order valence-electron chi connectivity index (χ3n) is 16.3. The number of allylic oxidation sites excluding steroid dienone is 17. The first-order valence-corrected chi connectivity index (χ1v) is 24.5. The van der Waals surface area contributed by atoms with E-state index in [9.17, 15) is 0 Å². The molecule has 5 aromatic rings. The van der Waals surface area contributed by atoms with Crippen LogP contribution in [0.3, 0.4) is 0 Å². The highest BCUT2D eigenvalue weighted by Gasteiger charge is 2.53. The number of nitrogens with one attached hydrogen (secondary N) is 2. The number of hydrogen-bond acceptors (Lipinski definition) is 2. The maximum absolute atomic E-state index is 4.42. The summed E-state index contributed by atoms with van der Waals surface area (Å²) in [6.07, 6.45) is 28.5. The van der Waals surface area contributed by atoms with Gasteiger partial charge in [-0.2, -0.15) is 0 Å². The van der Waals surface area contributed by atoms with E-state index in [1.807, 2.05) is 0 Å². The third-order valence-corrected chi connectivity index (χ3v) is 16.3. The maximum atomic E-state index is 4.42. The molecule has 2 bridgehead atoms. The fourth-order valence-electron chi connectivity index (χ4n) is 13.4. The van der Waals surface area contributed by atoms with E-state index in [-0.39, 0.29) is 23.3 Å². The van der Waals surface area contributed by atoms with Crippen molar-refractivity contribution >= 4 is 31.7 Å². The van der Waals surface area contributed by atoms with Gasteiger partial charge in [-0.15, -0.1) is 5.47 Å². The Morgan fingerprint density at radius 1 is 0.773 bits per heavy atom. The first-order chi connectivity index (χ1) is 32.5. The molecule has 6 aliphatic carbocycles. The van der Waals surface area contributed by atoms with Crippen molar-refractivity contribution < 1.29 is 0 Å². The van der Waals surface area contributed by atoms with Crippen LogP contribution in [0.1, 0.15) is 95.4 Å². The van der Waals surface area contributed by atoms with Crippen molar-refractivity contribution in [1.29, 1.82) is 0 Å². The summed E-state index contributed by atoms with van der Waals surface area (Å²) in [6, 6.07) is 43.9. The highest BCUT2D eigenvalue weighted by molar-refractivity contribution is 6.63. The molecule has 0 aromatic heterocycles. The zero-order valence-corrected chi connectivity index (χ0v) is 38.3. The summed E-state index contributed by atoms with van der Waals surface area (Å²) in [4.78, 5) is 0. The quantitative estimate of drug-likeness (QED) is 0.163. The summed E-state index contributed by atoms with van der Waals surface area (Å²) in [6.45, 7) is 4.62. The molecule has 2 N–H and O–H groups in total. The van der Waals surface area contributed by atoms with Crippen molar-refractivity contribution in [2.75, 3.05) is 0 Å². The molecule has 2 heterocycles. The van der Waals surface area contributed by atoms with Crippen LogP contribution >= 0.6 is 0 Å². The van der Waals surface area contributed by atoms with Crippen molar-refractivity contribution in [3.05, 3.63) is 265 Å². The molecule has 0 fully saturated rings. The molecule has 5 aromatic carbocycles. The predicted molar refractivity (Wildman–Crippen MR) is 280 cm³/mol. The van der Waals surface area contributed by atoms with Gasteiger partial charge >= 0.3 is 0 Å². The minimum atomic E-state index is -0.341. The van der Waals surface area contributed by atoms with Crippen LogP contribution < -0.4 is 16.1 Å². The van der Waals surface area contributed by atoms with Gasteiger partial charge in [-0.25, -0.2) is 0 Å². The van der Waals surface area contributed by atoms with Crippen molar-refractivity contribution in [2.24, 2.45) is 0 Å². The monoisotopic (exact) mass is 848 g/mol. The normalized spacial score (nSPS) is 24.2. The number of rotatable bonds is 6. The van der Waals surface area contributed by atoms with Crippen LogP contribution in [0.4, 0.5) is 0 Å². The van der Waals surface area contributed by atoms with E-state index >= 15 is 0 Å². The van der Waals surface area contributed by atoms with Crippen LogP contribution in [0.15, 0.2) is 220 Å². The van der Waals surface area contributed by atoms with Gasteiger partial charge in [0, 0.05) is 28.9 Å². The minimum Gasteiger partial charge on any atom is -0.381 e. The molecule has 2 aliphatic heterocycles. The zero-order valence-electron chi connectivity index (χ0n) is 38.3. The second kappa shape index (κ2) is 15.4. The van der Waals surface area contributed by atoms with Gasteiger partial charge in [0.1, 0.15) is 7.85 Å². The van der Waals surface area contributed by atoms with Crippen LogP contribution in [0.2, 0.25) is 0 Å². The molecule has 2 nitrogen and oxygen atoms in total. The summed E-state index contributed by atoms with van der Waals surface area (Å²) in [5.74, 6) is 0.383. The molecule has 13 rings (SSSR count). The van der Waals surface area contributed by atoms with Gasteiger partial charge < -0.3 is 10.6 Å². The lowest BCUT2D eigenvalue weighted by molar-refractivity contribution is 0.560. The fraction of sp³-hybridized carbons (Fsp3) is 0.194. The Morgan fingerprint density at radius 3 is 2.44 bits per heavy atom. The predicted octanol–water partition coefficient (Wildman–Crippen LogP) is 11.7. The second-order valence-corrected chi connectivity index (χ2v) is 20.0. The van der Waals surface area contributed by atoms with Crippen LogP contribution in [-0.2, 0) is 11.8 Å². The SMILES string of the molecule is BC1=CC=C(NC2C3=C(/C=C\C4=C(C)NC5=C(CCC=C5)C45C4=CCCC=C4c4ccccc45)C=C(c4ccccc4C)C2c2cc4c(cc2B3)Cc2ccccc2-4)C(c2ccccc2)C1. The molecule has 0 saturated carbocycles. The topological polar surface area (TPSA) is 24.1 Å². The molecule has 0 saturated heterocycles. The van der Waals surface area contributed by atoms with E-state index in [0.29, 0.717) is 0 Å². The van der Waals surface area contributed by atoms with Crippen LogP contribution in [-0.4, -0.2) is 21.2 Å². The van der Waals surface area contributed by atoms with Crippen molar-refractivity contribution in [3.8, 4) is 11.1 Å². The van der Waals surface area contributed by atoms with Gasteiger partial charge in [0.25, 0.3) is 0 Å².